The minimum Gasteiger partial charge on any atom is -0.497 e. The van der Waals surface area contributed by atoms with E-state index in [1.54, 1.807) is 7.11 Å². The first kappa shape index (κ1) is 20.6. The molecule has 0 atom stereocenters. The monoisotopic (exact) mass is 450 g/mol. The smallest absolute Gasteiger partial charge is 0.270 e. The van der Waals surface area contributed by atoms with Crippen LogP contribution in [0.5, 0.6) is 5.75 Å². The molecule has 1 N–H and O–H groups in total. The topological polar surface area (TPSA) is 84.3 Å². The molecule has 0 radical (unpaired) electrons. The number of hydrogen-bond acceptors (Lipinski definition) is 5. The summed E-state index contributed by atoms with van der Waals surface area (Å²) in [6.07, 6.45) is 2.52. The number of aromatic amines is 1. The van der Waals surface area contributed by atoms with Crippen LogP contribution in [0.1, 0.15) is 29.2 Å². The van der Waals surface area contributed by atoms with Crippen molar-refractivity contribution in [2.75, 3.05) is 20.2 Å². The van der Waals surface area contributed by atoms with E-state index in [0.29, 0.717) is 41.4 Å². The maximum Gasteiger partial charge on any atom is 0.270 e. The Morgan fingerprint density at radius 1 is 1.19 bits per heavy atom. The molecular weight excluding hydrogens is 428 g/mol. The number of likely N-dealkylation sites (tertiary alicyclic amines) is 1. The van der Waals surface area contributed by atoms with E-state index in [1.165, 1.54) is 0 Å². The second-order valence-electron chi connectivity index (χ2n) is 8.09. The highest BCUT2D eigenvalue weighted by Gasteiger charge is 2.26. The first-order chi connectivity index (χ1) is 15.6. The van der Waals surface area contributed by atoms with Crippen LogP contribution in [0.4, 0.5) is 0 Å². The molecule has 2 aromatic heterocycles. The number of carbonyl (C=O) groups excluding carboxylic acids is 1. The molecule has 1 saturated heterocycles. The van der Waals surface area contributed by atoms with Gasteiger partial charge in [0.2, 0.25) is 11.7 Å². The lowest BCUT2D eigenvalue weighted by Gasteiger charge is -2.31. The number of halogens is 1. The van der Waals surface area contributed by atoms with E-state index in [9.17, 15) is 4.79 Å². The molecule has 0 spiro atoms. The summed E-state index contributed by atoms with van der Waals surface area (Å²) in [6.45, 7) is 1.41. The van der Waals surface area contributed by atoms with Gasteiger partial charge in [-0.1, -0.05) is 16.8 Å². The highest BCUT2D eigenvalue weighted by Crippen LogP contribution is 2.26. The number of hydrogen-bond donors (Lipinski definition) is 1. The predicted octanol–water partition coefficient (Wildman–Crippen LogP) is 4.97. The summed E-state index contributed by atoms with van der Waals surface area (Å²) < 4.78 is 10.7. The summed E-state index contributed by atoms with van der Waals surface area (Å²) in [5.41, 5.74) is 2.40. The molecule has 5 rings (SSSR count). The minimum atomic E-state index is 0.0235. The molecule has 0 saturated carbocycles. The van der Waals surface area contributed by atoms with Crippen molar-refractivity contribution in [2.24, 2.45) is 5.92 Å². The van der Waals surface area contributed by atoms with Crippen molar-refractivity contribution < 1.29 is 14.1 Å². The van der Waals surface area contributed by atoms with Crippen LogP contribution >= 0.6 is 11.6 Å². The second-order valence-corrected chi connectivity index (χ2v) is 8.53. The number of rotatable bonds is 5. The van der Waals surface area contributed by atoms with E-state index in [2.05, 4.69) is 15.1 Å². The van der Waals surface area contributed by atoms with Crippen LogP contribution in [0.2, 0.25) is 5.02 Å². The van der Waals surface area contributed by atoms with Crippen molar-refractivity contribution >= 4 is 28.4 Å². The standard InChI is InChI=1S/C24H23ClN4O3/c1-31-19-5-2-16(3-6-19)23-27-22(32-28-23)12-15-8-10-29(11-9-15)24(30)21-14-17-13-18(25)4-7-20(17)26-21/h2-7,13-15,26H,8-12H2,1H3. The normalized spacial score (nSPS) is 14.8. The van der Waals surface area contributed by atoms with Gasteiger partial charge < -0.3 is 19.1 Å². The van der Waals surface area contributed by atoms with Gasteiger partial charge in [-0.2, -0.15) is 4.98 Å². The Morgan fingerprint density at radius 2 is 1.97 bits per heavy atom. The molecule has 0 unspecified atom stereocenters. The number of fused-ring (bicyclic) bond motifs is 1. The largest absolute Gasteiger partial charge is 0.497 e. The molecule has 0 bridgehead atoms. The third-order valence-corrected chi connectivity index (χ3v) is 6.23. The van der Waals surface area contributed by atoms with Crippen LogP contribution in [0.25, 0.3) is 22.3 Å². The van der Waals surface area contributed by atoms with Gasteiger partial charge in [-0.15, -0.1) is 0 Å². The number of aromatic nitrogens is 3. The van der Waals surface area contributed by atoms with Crippen LogP contribution < -0.4 is 4.74 Å². The maximum absolute atomic E-state index is 12.9. The fourth-order valence-corrected chi connectivity index (χ4v) is 4.35. The van der Waals surface area contributed by atoms with Crippen molar-refractivity contribution in [1.82, 2.24) is 20.0 Å². The maximum atomic E-state index is 12.9. The Labute approximate surface area is 190 Å². The lowest BCUT2D eigenvalue weighted by atomic mass is 9.93. The lowest BCUT2D eigenvalue weighted by molar-refractivity contribution is 0.0682. The summed E-state index contributed by atoms with van der Waals surface area (Å²) in [5.74, 6) is 2.43. The number of carbonyl (C=O) groups is 1. The summed E-state index contributed by atoms with van der Waals surface area (Å²) in [4.78, 5) is 22.6. The van der Waals surface area contributed by atoms with Crippen molar-refractivity contribution in [3.63, 3.8) is 0 Å². The molecule has 1 fully saturated rings. The molecule has 1 amide bonds. The molecular formula is C24H23ClN4O3. The zero-order chi connectivity index (χ0) is 22.1. The van der Waals surface area contributed by atoms with Crippen molar-refractivity contribution in [3.8, 4) is 17.1 Å². The highest BCUT2D eigenvalue weighted by molar-refractivity contribution is 6.31. The number of methoxy groups -OCH3 is 1. The minimum absolute atomic E-state index is 0.0235. The SMILES string of the molecule is COc1ccc(-c2noc(CC3CCN(C(=O)c4cc5cc(Cl)ccc5[nH]4)CC3)n2)cc1. The van der Waals surface area contributed by atoms with Crippen molar-refractivity contribution in [3.05, 3.63) is 65.1 Å². The molecule has 3 heterocycles. The van der Waals surface area contributed by atoms with Crippen LogP contribution in [0, 0.1) is 5.92 Å². The number of nitrogens with one attached hydrogen (secondary N) is 1. The molecule has 0 aliphatic carbocycles. The quantitative estimate of drug-likeness (QED) is 0.463. The number of benzene rings is 2. The van der Waals surface area contributed by atoms with Gasteiger partial charge >= 0.3 is 0 Å². The summed E-state index contributed by atoms with van der Waals surface area (Å²) in [5, 5.41) is 5.72. The summed E-state index contributed by atoms with van der Waals surface area (Å²) in [6, 6.07) is 15.0. The van der Waals surface area contributed by atoms with Gasteiger partial charge in [0.25, 0.3) is 5.91 Å². The van der Waals surface area contributed by atoms with Crippen LogP contribution in [0.3, 0.4) is 0 Å². The number of H-pyrrole nitrogens is 1. The van der Waals surface area contributed by atoms with E-state index in [4.69, 9.17) is 20.9 Å². The fourth-order valence-electron chi connectivity index (χ4n) is 4.17. The molecule has 1 aliphatic rings. The van der Waals surface area contributed by atoms with E-state index in [1.807, 2.05) is 53.4 Å². The molecule has 7 nitrogen and oxygen atoms in total. The first-order valence-electron chi connectivity index (χ1n) is 10.6. The summed E-state index contributed by atoms with van der Waals surface area (Å²) in [7, 11) is 1.64. The number of amides is 1. The third kappa shape index (κ3) is 4.21. The number of piperidine rings is 1. The molecule has 164 valence electrons. The Kier molecular flexibility index (Phi) is 5.57. The Morgan fingerprint density at radius 3 is 2.72 bits per heavy atom. The van der Waals surface area contributed by atoms with E-state index in [-0.39, 0.29) is 5.91 Å². The Hall–Kier alpha value is -3.32. The molecule has 1 aliphatic heterocycles. The lowest BCUT2D eigenvalue weighted by Crippen LogP contribution is -2.39. The van der Waals surface area contributed by atoms with Gasteiger partial charge in [0, 0.05) is 41.0 Å². The van der Waals surface area contributed by atoms with Gasteiger partial charge in [0.15, 0.2) is 0 Å². The Balaban J connectivity index is 1.18. The predicted molar refractivity (Wildman–Crippen MR) is 122 cm³/mol. The second kappa shape index (κ2) is 8.67. The van der Waals surface area contributed by atoms with Crippen molar-refractivity contribution in [1.29, 1.82) is 0 Å². The van der Waals surface area contributed by atoms with E-state index >= 15 is 0 Å². The molecule has 2 aromatic carbocycles. The molecule has 4 aromatic rings. The number of ether oxygens (including phenoxy) is 1. The molecule has 32 heavy (non-hydrogen) atoms. The average Bonchev–Trinajstić information content (AvgIpc) is 3.46. The van der Waals surface area contributed by atoms with Gasteiger partial charge in [-0.25, -0.2) is 0 Å². The third-order valence-electron chi connectivity index (χ3n) is 5.99. The van der Waals surface area contributed by atoms with Crippen LogP contribution in [-0.2, 0) is 6.42 Å². The molecule has 8 heteroatoms. The zero-order valence-corrected chi connectivity index (χ0v) is 18.4. The van der Waals surface area contributed by atoms with E-state index < -0.39 is 0 Å². The zero-order valence-electron chi connectivity index (χ0n) is 17.7. The van der Waals surface area contributed by atoms with Gasteiger partial charge in [-0.3, -0.25) is 4.79 Å². The fraction of sp³-hybridized carbons (Fsp3) is 0.292. The Bertz CT molecular complexity index is 1240. The van der Waals surface area contributed by atoms with Gasteiger partial charge in [-0.05, 0) is 67.3 Å². The van der Waals surface area contributed by atoms with Crippen LogP contribution in [0.15, 0.2) is 53.1 Å². The van der Waals surface area contributed by atoms with Gasteiger partial charge in [0.1, 0.15) is 11.4 Å². The highest BCUT2D eigenvalue weighted by atomic mass is 35.5. The summed E-state index contributed by atoms with van der Waals surface area (Å²) >= 11 is 6.06. The first-order valence-corrected chi connectivity index (χ1v) is 11.0. The van der Waals surface area contributed by atoms with Gasteiger partial charge in [0.05, 0.1) is 7.11 Å². The van der Waals surface area contributed by atoms with E-state index in [0.717, 1.165) is 41.5 Å². The average molecular weight is 451 g/mol. The van der Waals surface area contributed by atoms with Crippen molar-refractivity contribution in [2.45, 2.75) is 19.3 Å². The number of nitrogens with zero attached hydrogens (tertiary/aromatic N) is 3. The van der Waals surface area contributed by atoms with Crippen LogP contribution in [-0.4, -0.2) is 46.1 Å².